The van der Waals surface area contributed by atoms with Gasteiger partial charge in [-0.15, -0.1) is 0 Å². The van der Waals surface area contributed by atoms with Crippen LogP contribution in [0.15, 0.2) is 47.6 Å². The van der Waals surface area contributed by atoms with Gasteiger partial charge in [-0.05, 0) is 61.4 Å². The third-order valence-electron chi connectivity index (χ3n) is 3.42. The van der Waals surface area contributed by atoms with E-state index in [1.54, 1.807) is 18.2 Å². The molecule has 2 aromatic carbocycles. The van der Waals surface area contributed by atoms with Gasteiger partial charge in [-0.1, -0.05) is 6.92 Å². The monoisotopic (exact) mass is 387 g/mol. The SMILES string of the molecule is CCCOc1ccc(/C=N\NC(=O)C(=O)Nc2ccc(F)cc2)cc1OCC. The van der Waals surface area contributed by atoms with E-state index in [1.807, 2.05) is 13.8 Å². The van der Waals surface area contributed by atoms with E-state index in [9.17, 15) is 14.0 Å². The number of carbonyl (C=O) groups excluding carboxylic acids is 2. The molecule has 8 heteroatoms. The minimum Gasteiger partial charge on any atom is -0.490 e. The Labute approximate surface area is 162 Å². The number of nitrogens with one attached hydrogen (secondary N) is 2. The maximum absolute atomic E-state index is 12.8. The summed E-state index contributed by atoms with van der Waals surface area (Å²) in [5.74, 6) is -1.11. The van der Waals surface area contributed by atoms with Crippen molar-refractivity contribution in [3.63, 3.8) is 0 Å². The van der Waals surface area contributed by atoms with E-state index in [0.717, 1.165) is 6.42 Å². The summed E-state index contributed by atoms with van der Waals surface area (Å²) in [5.41, 5.74) is 3.09. The second kappa shape index (κ2) is 10.7. The Bertz CT molecular complexity index is 838. The van der Waals surface area contributed by atoms with Crippen molar-refractivity contribution in [1.82, 2.24) is 5.43 Å². The topological polar surface area (TPSA) is 89.0 Å². The molecule has 0 unspecified atom stereocenters. The number of carbonyl (C=O) groups is 2. The lowest BCUT2D eigenvalue weighted by Crippen LogP contribution is -2.32. The van der Waals surface area contributed by atoms with Crippen LogP contribution in [0.4, 0.5) is 10.1 Å². The molecule has 2 N–H and O–H groups in total. The summed E-state index contributed by atoms with van der Waals surface area (Å²) in [6.45, 7) is 4.93. The van der Waals surface area contributed by atoms with Crippen molar-refractivity contribution in [2.24, 2.45) is 5.10 Å². The molecule has 148 valence electrons. The Hall–Kier alpha value is -3.42. The summed E-state index contributed by atoms with van der Waals surface area (Å²) in [7, 11) is 0. The van der Waals surface area contributed by atoms with Gasteiger partial charge < -0.3 is 14.8 Å². The van der Waals surface area contributed by atoms with Crippen molar-refractivity contribution in [3.8, 4) is 11.5 Å². The molecule has 0 atom stereocenters. The quantitative estimate of drug-likeness (QED) is 0.414. The van der Waals surface area contributed by atoms with E-state index in [1.165, 1.54) is 30.5 Å². The minimum atomic E-state index is -0.950. The lowest BCUT2D eigenvalue weighted by atomic mass is 10.2. The van der Waals surface area contributed by atoms with Gasteiger partial charge in [0.05, 0.1) is 19.4 Å². The standard InChI is InChI=1S/C20H22FN3O4/c1-3-11-28-17-10-5-14(12-18(17)27-4-2)13-22-24-20(26)19(25)23-16-8-6-15(21)7-9-16/h5-10,12-13H,3-4,11H2,1-2H3,(H,23,25)(H,24,26)/b22-13-. The summed E-state index contributed by atoms with van der Waals surface area (Å²) < 4.78 is 24.0. The summed E-state index contributed by atoms with van der Waals surface area (Å²) in [5, 5.41) is 6.11. The molecule has 0 aliphatic rings. The zero-order chi connectivity index (χ0) is 20.4. The maximum Gasteiger partial charge on any atom is 0.329 e. The summed E-state index contributed by atoms with van der Waals surface area (Å²) in [6.07, 6.45) is 2.26. The second-order valence-corrected chi connectivity index (χ2v) is 5.65. The first-order valence-electron chi connectivity index (χ1n) is 8.83. The number of nitrogens with zero attached hydrogens (tertiary/aromatic N) is 1. The smallest absolute Gasteiger partial charge is 0.329 e. The molecule has 2 amide bonds. The molecule has 28 heavy (non-hydrogen) atoms. The van der Waals surface area contributed by atoms with Gasteiger partial charge >= 0.3 is 11.8 Å². The molecule has 0 aliphatic heterocycles. The fourth-order valence-electron chi connectivity index (χ4n) is 2.14. The minimum absolute atomic E-state index is 0.301. The first-order chi connectivity index (χ1) is 13.5. The van der Waals surface area contributed by atoms with Crippen LogP contribution in [0.5, 0.6) is 11.5 Å². The fraction of sp³-hybridized carbons (Fsp3) is 0.250. The number of hydrogen-bond acceptors (Lipinski definition) is 5. The van der Waals surface area contributed by atoms with Crippen molar-refractivity contribution < 1.29 is 23.5 Å². The van der Waals surface area contributed by atoms with Crippen LogP contribution in [0.3, 0.4) is 0 Å². The van der Waals surface area contributed by atoms with E-state index >= 15 is 0 Å². The molecule has 0 radical (unpaired) electrons. The number of halogens is 1. The molecule has 0 bridgehead atoms. The summed E-state index contributed by atoms with van der Waals surface area (Å²) >= 11 is 0. The molecule has 0 spiro atoms. The van der Waals surface area contributed by atoms with Crippen LogP contribution in [-0.2, 0) is 9.59 Å². The van der Waals surface area contributed by atoms with E-state index < -0.39 is 17.6 Å². The third kappa shape index (κ3) is 6.39. The predicted octanol–water partition coefficient (Wildman–Crippen LogP) is 3.10. The highest BCUT2D eigenvalue weighted by molar-refractivity contribution is 6.39. The Morgan fingerprint density at radius 2 is 1.79 bits per heavy atom. The third-order valence-corrected chi connectivity index (χ3v) is 3.42. The van der Waals surface area contributed by atoms with E-state index in [2.05, 4.69) is 15.8 Å². The molecule has 0 aromatic heterocycles. The van der Waals surface area contributed by atoms with Crippen molar-refractivity contribution >= 4 is 23.7 Å². The zero-order valence-corrected chi connectivity index (χ0v) is 15.7. The lowest BCUT2D eigenvalue weighted by Gasteiger charge is -2.11. The van der Waals surface area contributed by atoms with Crippen LogP contribution < -0.4 is 20.2 Å². The van der Waals surface area contributed by atoms with Gasteiger partial charge in [0.2, 0.25) is 0 Å². The number of hydrogen-bond donors (Lipinski definition) is 2. The van der Waals surface area contributed by atoms with Crippen LogP contribution >= 0.6 is 0 Å². The number of amides is 2. The van der Waals surface area contributed by atoms with Crippen molar-refractivity contribution in [2.45, 2.75) is 20.3 Å². The maximum atomic E-state index is 12.8. The highest BCUT2D eigenvalue weighted by Crippen LogP contribution is 2.28. The van der Waals surface area contributed by atoms with Crippen LogP contribution in [-0.4, -0.2) is 31.2 Å². The van der Waals surface area contributed by atoms with Crippen LogP contribution in [0.2, 0.25) is 0 Å². The molecule has 0 heterocycles. The molecule has 0 aliphatic carbocycles. The molecule has 0 saturated carbocycles. The molecular formula is C20H22FN3O4. The molecular weight excluding hydrogens is 365 g/mol. The van der Waals surface area contributed by atoms with Crippen LogP contribution in [0.25, 0.3) is 0 Å². The van der Waals surface area contributed by atoms with Crippen LogP contribution in [0, 0.1) is 5.82 Å². The number of benzene rings is 2. The van der Waals surface area contributed by atoms with Gasteiger partial charge in [0.25, 0.3) is 0 Å². The average Bonchev–Trinajstić information content (AvgIpc) is 2.69. The Balaban J connectivity index is 1.95. The highest BCUT2D eigenvalue weighted by atomic mass is 19.1. The molecule has 0 saturated heterocycles. The fourth-order valence-corrected chi connectivity index (χ4v) is 2.14. The lowest BCUT2D eigenvalue weighted by molar-refractivity contribution is -0.136. The number of hydrazone groups is 1. The molecule has 0 fully saturated rings. The predicted molar refractivity (Wildman–Crippen MR) is 104 cm³/mol. The normalized spacial score (nSPS) is 10.5. The first kappa shape index (κ1) is 20.9. The van der Waals surface area contributed by atoms with Crippen molar-refractivity contribution in [1.29, 1.82) is 0 Å². The Morgan fingerprint density at radius 1 is 1.04 bits per heavy atom. The van der Waals surface area contributed by atoms with Crippen molar-refractivity contribution in [2.75, 3.05) is 18.5 Å². The summed E-state index contributed by atoms with van der Waals surface area (Å²) in [4.78, 5) is 23.6. The van der Waals surface area contributed by atoms with E-state index in [4.69, 9.17) is 9.47 Å². The first-order valence-corrected chi connectivity index (χ1v) is 8.83. The van der Waals surface area contributed by atoms with Gasteiger partial charge in [-0.25, -0.2) is 9.82 Å². The van der Waals surface area contributed by atoms with E-state index in [0.29, 0.717) is 36.0 Å². The van der Waals surface area contributed by atoms with Crippen LogP contribution in [0.1, 0.15) is 25.8 Å². The number of rotatable bonds is 8. The van der Waals surface area contributed by atoms with Gasteiger partial charge in [0, 0.05) is 5.69 Å². The largest absolute Gasteiger partial charge is 0.490 e. The zero-order valence-electron chi connectivity index (χ0n) is 15.7. The molecule has 2 rings (SSSR count). The highest BCUT2D eigenvalue weighted by Gasteiger charge is 2.13. The van der Waals surface area contributed by atoms with Gasteiger partial charge in [0.1, 0.15) is 5.82 Å². The molecule has 2 aromatic rings. The number of anilines is 1. The van der Waals surface area contributed by atoms with E-state index in [-0.39, 0.29) is 0 Å². The van der Waals surface area contributed by atoms with Gasteiger partial charge in [-0.2, -0.15) is 5.10 Å². The van der Waals surface area contributed by atoms with Gasteiger partial charge in [0.15, 0.2) is 11.5 Å². The molecule has 7 nitrogen and oxygen atoms in total. The number of ether oxygens (including phenoxy) is 2. The van der Waals surface area contributed by atoms with Crippen molar-refractivity contribution in [3.05, 3.63) is 53.8 Å². The second-order valence-electron chi connectivity index (χ2n) is 5.65. The summed E-state index contributed by atoms with van der Waals surface area (Å²) in [6, 6.07) is 10.3. The van der Waals surface area contributed by atoms with Gasteiger partial charge in [-0.3, -0.25) is 9.59 Å². The Kier molecular flexibility index (Phi) is 7.95. The Morgan fingerprint density at radius 3 is 2.46 bits per heavy atom. The average molecular weight is 387 g/mol.